The van der Waals surface area contributed by atoms with Crippen molar-refractivity contribution in [2.45, 2.75) is 0 Å². The second-order valence-electron chi connectivity index (χ2n) is 5.11. The van der Waals surface area contributed by atoms with E-state index >= 15 is 0 Å². The Balaban J connectivity index is 1.88. The minimum atomic E-state index is 0.807. The van der Waals surface area contributed by atoms with Crippen LogP contribution in [0.25, 0.3) is 29.0 Å². The van der Waals surface area contributed by atoms with E-state index in [-0.39, 0.29) is 0 Å². The molecule has 4 rings (SSSR count). The number of rotatable bonds is 3. The number of benzene rings is 2. The number of para-hydroxylation sites is 2. The molecule has 0 radical (unpaired) electrons. The van der Waals surface area contributed by atoms with Crippen molar-refractivity contribution in [2.75, 3.05) is 0 Å². The third-order valence-electron chi connectivity index (χ3n) is 3.61. The van der Waals surface area contributed by atoms with Crippen molar-refractivity contribution in [3.05, 3.63) is 84.6 Å². The predicted octanol–water partition coefficient (Wildman–Crippen LogP) is 3.99. The molecule has 0 unspecified atom stereocenters. The van der Waals surface area contributed by atoms with Crippen LogP contribution >= 0.6 is 0 Å². The van der Waals surface area contributed by atoms with Crippen LogP contribution in [0.3, 0.4) is 0 Å². The Morgan fingerprint density at radius 3 is 2.48 bits per heavy atom. The van der Waals surface area contributed by atoms with E-state index in [1.54, 1.807) is 12.5 Å². The van der Waals surface area contributed by atoms with Crippen LogP contribution in [-0.2, 0) is 0 Å². The van der Waals surface area contributed by atoms with Crippen LogP contribution in [-0.4, -0.2) is 19.5 Å². The monoisotopic (exact) mass is 298 g/mol. The van der Waals surface area contributed by atoms with Crippen LogP contribution in [0.15, 0.2) is 73.2 Å². The smallest absolute Gasteiger partial charge is 0.142 e. The summed E-state index contributed by atoms with van der Waals surface area (Å²) in [4.78, 5) is 13.1. The Morgan fingerprint density at radius 1 is 0.826 bits per heavy atom. The van der Waals surface area contributed by atoms with Crippen LogP contribution in [0.2, 0.25) is 0 Å². The molecule has 23 heavy (non-hydrogen) atoms. The molecular weight excluding hydrogens is 284 g/mol. The second-order valence-corrected chi connectivity index (χ2v) is 5.11. The lowest BCUT2D eigenvalue weighted by molar-refractivity contribution is 0.981. The third kappa shape index (κ3) is 2.62. The van der Waals surface area contributed by atoms with Gasteiger partial charge in [-0.3, -0.25) is 4.57 Å². The van der Waals surface area contributed by atoms with E-state index < -0.39 is 0 Å². The highest BCUT2D eigenvalue weighted by Gasteiger charge is 2.10. The van der Waals surface area contributed by atoms with Gasteiger partial charge in [-0.25, -0.2) is 15.0 Å². The highest BCUT2D eigenvalue weighted by atomic mass is 15.1. The summed E-state index contributed by atoms with van der Waals surface area (Å²) in [6, 6.07) is 20.1. The van der Waals surface area contributed by atoms with Gasteiger partial charge in [0.15, 0.2) is 0 Å². The molecule has 4 heteroatoms. The zero-order chi connectivity index (χ0) is 15.5. The summed E-state index contributed by atoms with van der Waals surface area (Å²) >= 11 is 0. The number of imidazole rings is 1. The van der Waals surface area contributed by atoms with E-state index in [9.17, 15) is 0 Å². The SMILES string of the molecule is C(=C\c1nc2ccccc2n1-c1ccncn1)/c1ccccc1. The fourth-order valence-corrected chi connectivity index (χ4v) is 2.55. The zero-order valence-electron chi connectivity index (χ0n) is 12.4. The number of hydrogen-bond donors (Lipinski definition) is 0. The molecule has 0 fully saturated rings. The average Bonchev–Trinajstić information content (AvgIpc) is 3.00. The molecule has 110 valence electrons. The fourth-order valence-electron chi connectivity index (χ4n) is 2.55. The van der Waals surface area contributed by atoms with E-state index in [1.165, 1.54) is 0 Å². The standard InChI is InChI=1S/C19H14N4/c1-2-6-15(7-3-1)10-11-19-22-16-8-4-5-9-17(16)23(19)18-12-13-20-14-21-18/h1-14H/b11-10+. The Morgan fingerprint density at radius 2 is 1.65 bits per heavy atom. The summed E-state index contributed by atoms with van der Waals surface area (Å²) in [5.41, 5.74) is 3.10. The van der Waals surface area contributed by atoms with Gasteiger partial charge in [-0.1, -0.05) is 48.5 Å². The molecule has 4 aromatic rings. The quantitative estimate of drug-likeness (QED) is 0.574. The van der Waals surface area contributed by atoms with Crippen LogP contribution < -0.4 is 0 Å². The molecule has 0 amide bonds. The molecule has 2 aromatic carbocycles. The van der Waals surface area contributed by atoms with Crippen molar-refractivity contribution < 1.29 is 0 Å². The molecule has 0 saturated heterocycles. The largest absolute Gasteiger partial charge is 0.277 e. The maximum Gasteiger partial charge on any atom is 0.142 e. The van der Waals surface area contributed by atoms with Crippen molar-refractivity contribution in [3.8, 4) is 5.82 Å². The summed E-state index contributed by atoms with van der Waals surface area (Å²) in [6.45, 7) is 0. The molecule has 2 heterocycles. The van der Waals surface area contributed by atoms with Gasteiger partial charge >= 0.3 is 0 Å². The van der Waals surface area contributed by atoms with Crippen molar-refractivity contribution in [3.63, 3.8) is 0 Å². The van der Waals surface area contributed by atoms with Crippen LogP contribution in [0.5, 0.6) is 0 Å². The van der Waals surface area contributed by atoms with Crippen molar-refractivity contribution in [2.24, 2.45) is 0 Å². The summed E-state index contributed by atoms with van der Waals surface area (Å²) in [6.07, 6.45) is 7.35. The molecule has 0 aliphatic rings. The van der Waals surface area contributed by atoms with Crippen molar-refractivity contribution in [1.82, 2.24) is 19.5 Å². The number of fused-ring (bicyclic) bond motifs is 1. The first kappa shape index (κ1) is 13.4. The minimum Gasteiger partial charge on any atom is -0.277 e. The molecule has 0 N–H and O–H groups in total. The van der Waals surface area contributed by atoms with Crippen LogP contribution in [0.4, 0.5) is 0 Å². The van der Waals surface area contributed by atoms with Crippen LogP contribution in [0.1, 0.15) is 11.4 Å². The van der Waals surface area contributed by atoms with Gasteiger partial charge in [0.2, 0.25) is 0 Å². The van der Waals surface area contributed by atoms with Crippen molar-refractivity contribution >= 4 is 23.2 Å². The Labute approximate surface area is 133 Å². The van der Waals surface area contributed by atoms with E-state index in [0.29, 0.717) is 0 Å². The van der Waals surface area contributed by atoms with E-state index in [1.807, 2.05) is 59.2 Å². The lowest BCUT2D eigenvalue weighted by atomic mass is 10.2. The van der Waals surface area contributed by atoms with E-state index in [2.05, 4.69) is 28.2 Å². The predicted molar refractivity (Wildman–Crippen MR) is 92.0 cm³/mol. The lowest BCUT2D eigenvalue weighted by Crippen LogP contribution is -1.99. The van der Waals surface area contributed by atoms with Gasteiger partial charge in [0.05, 0.1) is 11.0 Å². The molecular formula is C19H14N4. The number of hydrogen-bond acceptors (Lipinski definition) is 3. The average molecular weight is 298 g/mol. The highest BCUT2D eigenvalue weighted by molar-refractivity contribution is 5.81. The molecule has 0 atom stereocenters. The first-order chi connectivity index (χ1) is 11.4. The van der Waals surface area contributed by atoms with E-state index in [0.717, 1.165) is 28.2 Å². The first-order valence-electron chi connectivity index (χ1n) is 7.39. The minimum absolute atomic E-state index is 0.807. The van der Waals surface area contributed by atoms with Gasteiger partial charge in [-0.2, -0.15) is 0 Å². The Bertz CT molecular complexity index is 957. The fraction of sp³-hybridized carbons (Fsp3) is 0. The molecule has 0 spiro atoms. The normalized spacial score (nSPS) is 11.3. The summed E-state index contributed by atoms with van der Waals surface area (Å²) in [7, 11) is 0. The molecule has 0 saturated carbocycles. The third-order valence-corrected chi connectivity index (χ3v) is 3.61. The highest BCUT2D eigenvalue weighted by Crippen LogP contribution is 2.21. The van der Waals surface area contributed by atoms with Gasteiger partial charge < -0.3 is 0 Å². The summed E-state index contributed by atoms with van der Waals surface area (Å²) in [5, 5.41) is 0. The molecule has 0 bridgehead atoms. The molecule has 4 nitrogen and oxygen atoms in total. The van der Waals surface area contributed by atoms with Gasteiger partial charge in [0.1, 0.15) is 18.0 Å². The van der Waals surface area contributed by atoms with Gasteiger partial charge in [-0.05, 0) is 29.8 Å². The van der Waals surface area contributed by atoms with Crippen molar-refractivity contribution in [1.29, 1.82) is 0 Å². The molecule has 2 aromatic heterocycles. The zero-order valence-corrected chi connectivity index (χ0v) is 12.4. The number of aromatic nitrogens is 4. The maximum absolute atomic E-state index is 4.72. The van der Waals surface area contributed by atoms with Gasteiger partial charge in [0, 0.05) is 6.20 Å². The second kappa shape index (κ2) is 5.85. The topological polar surface area (TPSA) is 43.6 Å². The van der Waals surface area contributed by atoms with E-state index in [4.69, 9.17) is 4.98 Å². The van der Waals surface area contributed by atoms with Crippen LogP contribution in [0, 0.1) is 0 Å². The Hall–Kier alpha value is -3.27. The molecule has 0 aliphatic heterocycles. The maximum atomic E-state index is 4.72. The summed E-state index contributed by atoms with van der Waals surface area (Å²) < 4.78 is 2.04. The first-order valence-corrected chi connectivity index (χ1v) is 7.39. The Kier molecular flexibility index (Phi) is 3.41. The lowest BCUT2D eigenvalue weighted by Gasteiger charge is -2.05. The van der Waals surface area contributed by atoms with Gasteiger partial charge in [-0.15, -0.1) is 0 Å². The summed E-state index contributed by atoms with van der Waals surface area (Å²) in [5.74, 6) is 1.65. The number of nitrogens with zero attached hydrogens (tertiary/aromatic N) is 4. The van der Waals surface area contributed by atoms with Gasteiger partial charge in [0.25, 0.3) is 0 Å². The molecule has 0 aliphatic carbocycles.